The maximum Gasteiger partial charge on any atom is 0.106 e. The second-order valence-corrected chi connectivity index (χ2v) is 3.59. The van der Waals surface area contributed by atoms with E-state index in [1.807, 2.05) is 0 Å². The first-order chi connectivity index (χ1) is 5.24. The van der Waals surface area contributed by atoms with E-state index in [1.54, 1.807) is 7.11 Å². The molecular formula is C9H17NO. The van der Waals surface area contributed by atoms with Gasteiger partial charge in [0.25, 0.3) is 0 Å². The van der Waals surface area contributed by atoms with E-state index in [1.165, 1.54) is 12.1 Å². The zero-order valence-electron chi connectivity index (χ0n) is 7.63. The molecule has 1 aliphatic carbocycles. The van der Waals surface area contributed by atoms with Crippen LogP contribution in [-0.4, -0.2) is 12.8 Å². The van der Waals surface area contributed by atoms with Gasteiger partial charge in [-0.05, 0) is 31.1 Å². The van der Waals surface area contributed by atoms with E-state index >= 15 is 0 Å². The highest BCUT2D eigenvalue weighted by molar-refractivity contribution is 5.86. The molecule has 0 bridgehead atoms. The molecule has 0 amide bonds. The van der Waals surface area contributed by atoms with Crippen LogP contribution in [0, 0.1) is 11.8 Å². The largest absolute Gasteiger partial charge is 0.399 e. The van der Waals surface area contributed by atoms with Gasteiger partial charge in [0.2, 0.25) is 0 Å². The molecule has 0 heterocycles. The summed E-state index contributed by atoms with van der Waals surface area (Å²) in [4.78, 5) is 4.74. The van der Waals surface area contributed by atoms with Crippen LogP contribution in [0.15, 0.2) is 5.16 Å². The Bertz CT molecular complexity index is 152. The topological polar surface area (TPSA) is 21.6 Å². The van der Waals surface area contributed by atoms with Gasteiger partial charge in [0.1, 0.15) is 7.11 Å². The van der Waals surface area contributed by atoms with Crippen LogP contribution in [0.5, 0.6) is 0 Å². The summed E-state index contributed by atoms with van der Waals surface area (Å²) in [7, 11) is 1.62. The van der Waals surface area contributed by atoms with Crippen molar-refractivity contribution >= 4 is 5.71 Å². The van der Waals surface area contributed by atoms with Crippen molar-refractivity contribution in [1.82, 2.24) is 0 Å². The minimum atomic E-state index is 0.791. The van der Waals surface area contributed by atoms with E-state index in [4.69, 9.17) is 4.84 Å². The lowest BCUT2D eigenvalue weighted by molar-refractivity contribution is 0.212. The molecule has 1 fully saturated rings. The van der Waals surface area contributed by atoms with Gasteiger partial charge >= 0.3 is 0 Å². The number of nitrogens with zero attached hydrogens (tertiary/aromatic N) is 1. The first-order valence-electron chi connectivity index (χ1n) is 4.33. The number of hydrogen-bond acceptors (Lipinski definition) is 2. The van der Waals surface area contributed by atoms with Crippen molar-refractivity contribution in [3.63, 3.8) is 0 Å². The molecule has 2 nitrogen and oxygen atoms in total. The molecule has 64 valence electrons. The van der Waals surface area contributed by atoms with Crippen molar-refractivity contribution in [1.29, 1.82) is 0 Å². The van der Waals surface area contributed by atoms with Gasteiger partial charge in [0.15, 0.2) is 0 Å². The monoisotopic (exact) mass is 155 g/mol. The molecule has 1 rings (SSSR count). The summed E-state index contributed by atoms with van der Waals surface area (Å²) in [5, 5.41) is 3.97. The van der Waals surface area contributed by atoms with E-state index in [2.05, 4.69) is 19.0 Å². The first-order valence-corrected chi connectivity index (χ1v) is 4.33. The Morgan fingerprint density at radius 2 is 2.27 bits per heavy atom. The fraction of sp³-hybridized carbons (Fsp3) is 0.889. The molecule has 11 heavy (non-hydrogen) atoms. The number of hydrogen-bond donors (Lipinski definition) is 0. The van der Waals surface area contributed by atoms with Crippen molar-refractivity contribution in [3.8, 4) is 0 Å². The summed E-state index contributed by atoms with van der Waals surface area (Å²) >= 11 is 0. The molecule has 1 unspecified atom stereocenters. The van der Waals surface area contributed by atoms with Crippen molar-refractivity contribution in [2.45, 2.75) is 33.1 Å². The van der Waals surface area contributed by atoms with Crippen LogP contribution in [0.25, 0.3) is 0 Å². The van der Waals surface area contributed by atoms with E-state index < -0.39 is 0 Å². The van der Waals surface area contributed by atoms with Crippen LogP contribution in [0.1, 0.15) is 33.1 Å². The fourth-order valence-electron chi connectivity index (χ4n) is 1.64. The second kappa shape index (κ2) is 3.74. The van der Waals surface area contributed by atoms with Gasteiger partial charge in [-0.2, -0.15) is 0 Å². The third kappa shape index (κ3) is 2.21. The van der Waals surface area contributed by atoms with Crippen LogP contribution in [0.2, 0.25) is 0 Å². The quantitative estimate of drug-likeness (QED) is 0.561. The van der Waals surface area contributed by atoms with Crippen LogP contribution in [0.4, 0.5) is 0 Å². The van der Waals surface area contributed by atoms with Gasteiger partial charge in [-0.15, -0.1) is 0 Å². The van der Waals surface area contributed by atoms with E-state index in [-0.39, 0.29) is 0 Å². The van der Waals surface area contributed by atoms with Crippen LogP contribution >= 0.6 is 0 Å². The Morgan fingerprint density at radius 3 is 2.73 bits per heavy atom. The zero-order valence-corrected chi connectivity index (χ0v) is 7.63. The Balaban J connectivity index is 2.40. The Hall–Kier alpha value is -0.530. The SMILES string of the molecule is CO/N=C1\CCC(C(C)C)C1. The summed E-state index contributed by atoms with van der Waals surface area (Å²) in [6.07, 6.45) is 3.57. The highest BCUT2D eigenvalue weighted by Gasteiger charge is 2.23. The second-order valence-electron chi connectivity index (χ2n) is 3.59. The molecule has 0 spiro atoms. The predicted octanol–water partition coefficient (Wildman–Crippen LogP) is 2.44. The summed E-state index contributed by atoms with van der Waals surface area (Å²) in [5.74, 6) is 1.63. The molecule has 0 aromatic rings. The molecule has 2 heteroatoms. The fourth-order valence-corrected chi connectivity index (χ4v) is 1.64. The molecule has 0 aromatic heterocycles. The molecule has 0 radical (unpaired) electrons. The van der Waals surface area contributed by atoms with Crippen molar-refractivity contribution in [2.75, 3.05) is 7.11 Å². The lowest BCUT2D eigenvalue weighted by Gasteiger charge is -2.11. The van der Waals surface area contributed by atoms with Gasteiger partial charge in [0.05, 0.1) is 5.71 Å². The Kier molecular flexibility index (Phi) is 2.92. The summed E-state index contributed by atoms with van der Waals surface area (Å²) in [6, 6.07) is 0. The average Bonchev–Trinajstić information content (AvgIpc) is 2.37. The minimum absolute atomic E-state index is 0.791. The van der Waals surface area contributed by atoms with E-state index in [0.717, 1.165) is 24.7 Å². The van der Waals surface area contributed by atoms with Crippen molar-refractivity contribution in [3.05, 3.63) is 0 Å². The standard InChI is InChI=1S/C9H17NO/c1-7(2)8-4-5-9(6-8)10-11-3/h7-8H,4-6H2,1-3H3/b10-9+. The molecule has 1 saturated carbocycles. The van der Waals surface area contributed by atoms with Gasteiger partial charge in [-0.3, -0.25) is 0 Å². The predicted molar refractivity (Wildman–Crippen MR) is 46.6 cm³/mol. The third-order valence-electron chi connectivity index (χ3n) is 2.46. The van der Waals surface area contributed by atoms with Gasteiger partial charge in [0, 0.05) is 0 Å². The maximum atomic E-state index is 4.74. The zero-order chi connectivity index (χ0) is 8.27. The third-order valence-corrected chi connectivity index (χ3v) is 2.46. The van der Waals surface area contributed by atoms with E-state index in [0.29, 0.717) is 0 Å². The first kappa shape index (κ1) is 8.57. The molecule has 1 aliphatic rings. The highest BCUT2D eigenvalue weighted by atomic mass is 16.6. The molecule has 0 N–H and O–H groups in total. The number of rotatable bonds is 2. The van der Waals surface area contributed by atoms with Crippen molar-refractivity contribution in [2.24, 2.45) is 17.0 Å². The molecular weight excluding hydrogens is 138 g/mol. The number of oxime groups is 1. The van der Waals surface area contributed by atoms with Gasteiger partial charge in [-0.1, -0.05) is 19.0 Å². The maximum absolute atomic E-state index is 4.74. The summed E-state index contributed by atoms with van der Waals surface area (Å²) in [6.45, 7) is 4.56. The van der Waals surface area contributed by atoms with Crippen LogP contribution in [-0.2, 0) is 4.84 Å². The molecule has 1 atom stereocenters. The molecule has 0 saturated heterocycles. The smallest absolute Gasteiger partial charge is 0.106 e. The van der Waals surface area contributed by atoms with Gasteiger partial charge in [-0.25, -0.2) is 0 Å². The highest BCUT2D eigenvalue weighted by Crippen LogP contribution is 2.29. The van der Waals surface area contributed by atoms with Gasteiger partial charge < -0.3 is 4.84 Å². The molecule has 0 aromatic carbocycles. The Morgan fingerprint density at radius 1 is 1.55 bits per heavy atom. The lowest BCUT2D eigenvalue weighted by Crippen LogP contribution is -2.03. The summed E-state index contributed by atoms with van der Waals surface area (Å²) in [5.41, 5.74) is 1.24. The molecule has 0 aliphatic heterocycles. The van der Waals surface area contributed by atoms with Crippen LogP contribution in [0.3, 0.4) is 0 Å². The van der Waals surface area contributed by atoms with E-state index in [9.17, 15) is 0 Å². The normalized spacial score (nSPS) is 28.4. The Labute approximate surface area is 68.6 Å². The minimum Gasteiger partial charge on any atom is -0.399 e. The van der Waals surface area contributed by atoms with Crippen molar-refractivity contribution < 1.29 is 4.84 Å². The summed E-state index contributed by atoms with van der Waals surface area (Å²) < 4.78 is 0. The average molecular weight is 155 g/mol. The lowest BCUT2D eigenvalue weighted by atomic mass is 9.95. The van der Waals surface area contributed by atoms with Crippen LogP contribution < -0.4 is 0 Å².